The van der Waals surface area contributed by atoms with Crippen LogP contribution >= 0.6 is 22.7 Å². The van der Waals surface area contributed by atoms with Crippen LogP contribution in [0.1, 0.15) is 0 Å². The van der Waals surface area contributed by atoms with Crippen molar-refractivity contribution in [3.05, 3.63) is 121 Å². The lowest BCUT2D eigenvalue weighted by Gasteiger charge is -2.04. The predicted molar refractivity (Wildman–Crippen MR) is 174 cm³/mol. The molecule has 2 heterocycles. The highest BCUT2D eigenvalue weighted by atomic mass is 32.1. The van der Waals surface area contributed by atoms with Gasteiger partial charge in [0.15, 0.2) is 10.3 Å². The molecule has 0 aliphatic heterocycles. The summed E-state index contributed by atoms with van der Waals surface area (Å²) in [5.41, 5.74) is 5.53. The van der Waals surface area contributed by atoms with Crippen LogP contribution in [0.3, 0.4) is 0 Å². The van der Waals surface area contributed by atoms with Crippen LogP contribution in [0.2, 0.25) is 0 Å². The van der Waals surface area contributed by atoms with Gasteiger partial charge in [-0.2, -0.15) is 0 Å². The van der Waals surface area contributed by atoms with E-state index >= 15 is 0 Å². The van der Waals surface area contributed by atoms with Crippen LogP contribution in [0.5, 0.6) is 0 Å². The highest BCUT2D eigenvalue weighted by molar-refractivity contribution is 7.20. The zero-order valence-corrected chi connectivity index (χ0v) is 24.5. The normalized spacial score (nSPS) is 10.8. The van der Waals surface area contributed by atoms with Crippen molar-refractivity contribution in [1.82, 2.24) is 9.97 Å². The van der Waals surface area contributed by atoms with Gasteiger partial charge in [-0.25, -0.2) is 9.97 Å². The molecule has 6 rings (SSSR count). The number of benzene rings is 4. The second kappa shape index (κ2) is 13.3. The lowest BCUT2D eigenvalue weighted by Crippen LogP contribution is -2.23. The van der Waals surface area contributed by atoms with Gasteiger partial charge in [0, 0.05) is 11.1 Å². The van der Waals surface area contributed by atoms with Crippen molar-refractivity contribution in [3.8, 4) is 43.4 Å². The van der Waals surface area contributed by atoms with E-state index in [0.29, 0.717) is 10.3 Å². The maximum atomic E-state index is 12.7. The van der Waals surface area contributed by atoms with Crippen LogP contribution in [0, 0.1) is 0 Å². The Morgan fingerprint density at radius 2 is 0.837 bits per heavy atom. The number of carbonyl (C=O) groups is 2. The molecular formula is C34H26N4O3S2. The van der Waals surface area contributed by atoms with Crippen LogP contribution in [0.4, 0.5) is 10.3 Å². The zero-order chi connectivity index (χ0) is 29.4. The minimum Gasteiger partial charge on any atom is -0.362 e. The van der Waals surface area contributed by atoms with Crippen molar-refractivity contribution in [2.45, 2.75) is 0 Å². The van der Waals surface area contributed by atoms with Gasteiger partial charge in [-0.1, -0.05) is 144 Å². The van der Waals surface area contributed by atoms with Crippen molar-refractivity contribution in [1.29, 1.82) is 0 Å². The quantitative estimate of drug-likeness (QED) is 0.167. The van der Waals surface area contributed by atoms with Crippen molar-refractivity contribution in [2.24, 2.45) is 0 Å². The number of anilines is 2. The van der Waals surface area contributed by atoms with E-state index in [-0.39, 0.29) is 13.2 Å². The lowest BCUT2D eigenvalue weighted by molar-refractivity contribution is -0.125. The second-order valence-corrected chi connectivity index (χ2v) is 11.4. The zero-order valence-electron chi connectivity index (χ0n) is 22.9. The molecule has 0 radical (unpaired) electrons. The Labute approximate surface area is 256 Å². The molecule has 0 aliphatic carbocycles. The Morgan fingerprint density at radius 1 is 0.512 bits per heavy atom. The summed E-state index contributed by atoms with van der Waals surface area (Å²) >= 11 is 2.78. The third-order valence-electron chi connectivity index (χ3n) is 6.38. The fraction of sp³-hybridized carbons (Fsp3) is 0.0588. The van der Waals surface area contributed by atoms with Gasteiger partial charge in [0.05, 0.1) is 21.1 Å². The highest BCUT2D eigenvalue weighted by Gasteiger charge is 2.18. The van der Waals surface area contributed by atoms with E-state index in [1.54, 1.807) is 0 Å². The molecule has 0 unspecified atom stereocenters. The number of amides is 2. The molecule has 0 saturated heterocycles. The lowest BCUT2D eigenvalue weighted by atomic mass is 10.1. The second-order valence-electron chi connectivity index (χ2n) is 9.45. The van der Waals surface area contributed by atoms with Crippen molar-refractivity contribution < 1.29 is 14.3 Å². The summed E-state index contributed by atoms with van der Waals surface area (Å²) < 4.78 is 5.44. The molecule has 212 valence electrons. The first kappa shape index (κ1) is 28.2. The molecule has 4 aromatic carbocycles. The minimum atomic E-state index is -0.396. The number of hydrogen-bond donors (Lipinski definition) is 2. The molecule has 2 N–H and O–H groups in total. The first-order chi connectivity index (χ1) is 21.1. The summed E-state index contributed by atoms with van der Waals surface area (Å²) in [6.45, 7) is -0.590. The van der Waals surface area contributed by atoms with E-state index in [9.17, 15) is 9.59 Å². The molecule has 0 bridgehead atoms. The average molecular weight is 603 g/mol. The van der Waals surface area contributed by atoms with Gasteiger partial charge < -0.3 is 4.74 Å². The Bertz CT molecular complexity index is 1570. The molecule has 0 fully saturated rings. The maximum Gasteiger partial charge on any atom is 0.252 e. The van der Waals surface area contributed by atoms with Crippen molar-refractivity contribution >= 4 is 44.8 Å². The molecule has 0 atom stereocenters. The smallest absolute Gasteiger partial charge is 0.252 e. The standard InChI is InChI=1S/C34H26N4O3S2/c39-27(35-33-37-29(23-13-5-1-6-14-23)31(42-33)25-17-9-3-10-18-25)21-41-22-28(40)36-34-38-30(24-15-7-2-8-16-24)32(43-34)26-19-11-4-12-20-26/h1-20H,21-22H2,(H,35,37,39)(H,36,38,40). The van der Waals surface area contributed by atoms with Gasteiger partial charge in [-0.3, -0.25) is 20.2 Å². The van der Waals surface area contributed by atoms with Crippen LogP contribution in [-0.4, -0.2) is 35.0 Å². The molecule has 0 spiro atoms. The Balaban J connectivity index is 1.09. The summed E-state index contributed by atoms with van der Waals surface area (Å²) in [7, 11) is 0. The van der Waals surface area contributed by atoms with Gasteiger partial charge in [-0.05, 0) is 11.1 Å². The van der Waals surface area contributed by atoms with Crippen LogP contribution in [0.25, 0.3) is 43.4 Å². The number of rotatable bonds is 10. The number of thiazole rings is 2. The maximum absolute atomic E-state index is 12.7. The highest BCUT2D eigenvalue weighted by Crippen LogP contribution is 2.40. The summed E-state index contributed by atoms with van der Waals surface area (Å²) in [5.74, 6) is -0.791. The fourth-order valence-corrected chi connectivity index (χ4v) is 6.47. The molecule has 9 heteroatoms. The third kappa shape index (κ3) is 6.92. The number of aromatic nitrogens is 2. The summed E-state index contributed by atoms with van der Waals surface area (Å²) in [5, 5.41) is 6.55. The molecule has 6 aromatic rings. The van der Waals surface area contributed by atoms with Crippen LogP contribution in [0.15, 0.2) is 121 Å². The summed E-state index contributed by atoms with van der Waals surface area (Å²) in [6.07, 6.45) is 0. The Hall–Kier alpha value is -4.96. The van der Waals surface area contributed by atoms with Gasteiger partial charge in [0.25, 0.3) is 11.8 Å². The monoisotopic (exact) mass is 602 g/mol. The van der Waals surface area contributed by atoms with E-state index in [1.807, 2.05) is 121 Å². The van der Waals surface area contributed by atoms with Gasteiger partial charge in [0.2, 0.25) is 0 Å². The Kier molecular flexibility index (Phi) is 8.74. The predicted octanol–water partition coefficient (Wildman–Crippen LogP) is 7.86. The topological polar surface area (TPSA) is 93.2 Å². The number of nitrogens with one attached hydrogen (secondary N) is 2. The largest absolute Gasteiger partial charge is 0.362 e. The van der Waals surface area contributed by atoms with Gasteiger partial charge in [-0.15, -0.1) is 0 Å². The van der Waals surface area contributed by atoms with E-state index in [2.05, 4.69) is 10.6 Å². The number of carbonyl (C=O) groups excluding carboxylic acids is 2. The van der Waals surface area contributed by atoms with Gasteiger partial charge in [0.1, 0.15) is 13.2 Å². The molecule has 2 aromatic heterocycles. The first-order valence-electron chi connectivity index (χ1n) is 13.5. The van der Waals surface area contributed by atoms with Gasteiger partial charge >= 0.3 is 0 Å². The minimum absolute atomic E-state index is 0.295. The van der Waals surface area contributed by atoms with Crippen LogP contribution in [-0.2, 0) is 14.3 Å². The molecule has 0 saturated carbocycles. The van der Waals surface area contributed by atoms with E-state index in [1.165, 1.54) is 22.7 Å². The summed E-state index contributed by atoms with van der Waals surface area (Å²) in [6, 6.07) is 39.5. The van der Waals surface area contributed by atoms with Crippen molar-refractivity contribution in [3.63, 3.8) is 0 Å². The van der Waals surface area contributed by atoms with E-state index < -0.39 is 11.8 Å². The average Bonchev–Trinajstić information content (AvgIpc) is 3.67. The summed E-state index contributed by atoms with van der Waals surface area (Å²) in [4.78, 5) is 36.7. The molecule has 2 amide bonds. The number of ether oxygens (including phenoxy) is 1. The number of hydrogen-bond acceptors (Lipinski definition) is 7. The van der Waals surface area contributed by atoms with E-state index in [4.69, 9.17) is 14.7 Å². The third-order valence-corrected chi connectivity index (χ3v) is 8.42. The SMILES string of the molecule is O=C(COCC(=O)Nc1nc(-c2ccccc2)c(-c2ccccc2)s1)Nc1nc(-c2ccccc2)c(-c2ccccc2)s1. The van der Waals surface area contributed by atoms with Crippen molar-refractivity contribution in [2.75, 3.05) is 23.8 Å². The molecular weight excluding hydrogens is 577 g/mol. The molecule has 7 nitrogen and oxygen atoms in total. The first-order valence-corrected chi connectivity index (χ1v) is 15.2. The molecule has 43 heavy (non-hydrogen) atoms. The fourth-order valence-electron chi connectivity index (χ4n) is 4.45. The van der Waals surface area contributed by atoms with Crippen LogP contribution < -0.4 is 10.6 Å². The number of nitrogens with zero attached hydrogens (tertiary/aromatic N) is 2. The Morgan fingerprint density at radius 3 is 1.19 bits per heavy atom. The molecule has 0 aliphatic rings. The van der Waals surface area contributed by atoms with E-state index in [0.717, 1.165) is 43.4 Å².